The minimum Gasteiger partial charge on any atom is -0.379 e. The Morgan fingerprint density at radius 2 is 1.97 bits per heavy atom. The van der Waals surface area contributed by atoms with Crippen LogP contribution in [0.5, 0.6) is 0 Å². The van der Waals surface area contributed by atoms with Crippen LogP contribution in [0, 0.1) is 0 Å². The Kier molecular flexibility index (Phi) is 5.59. The second-order valence-corrected chi connectivity index (χ2v) is 8.04. The highest BCUT2D eigenvalue weighted by Crippen LogP contribution is 2.37. The number of H-pyrrole nitrogens is 1. The number of aromatic nitrogens is 3. The largest absolute Gasteiger partial charge is 0.379 e. The molecule has 0 spiro atoms. The monoisotopic (exact) mass is 405 g/mol. The van der Waals surface area contributed by atoms with Gasteiger partial charge in [0.05, 0.1) is 31.1 Å². The molecule has 156 valence electrons. The lowest BCUT2D eigenvalue weighted by molar-refractivity contribution is 0.0332. The summed E-state index contributed by atoms with van der Waals surface area (Å²) in [6.45, 7) is 4.80. The van der Waals surface area contributed by atoms with Gasteiger partial charge in [0.1, 0.15) is 5.82 Å². The predicted octanol–water partition coefficient (Wildman–Crippen LogP) is 2.98. The number of morpholine rings is 1. The molecule has 5 rings (SSSR count). The number of imidazole rings is 1. The van der Waals surface area contributed by atoms with Crippen LogP contribution in [-0.2, 0) is 17.7 Å². The van der Waals surface area contributed by atoms with E-state index in [2.05, 4.69) is 38.5 Å². The van der Waals surface area contributed by atoms with Crippen molar-refractivity contribution in [3.8, 4) is 22.5 Å². The van der Waals surface area contributed by atoms with Crippen LogP contribution in [0.15, 0.2) is 42.7 Å². The Balaban J connectivity index is 1.50. The van der Waals surface area contributed by atoms with Crippen LogP contribution in [0.1, 0.15) is 29.3 Å². The Bertz CT molecular complexity index is 998. The molecule has 3 N–H and O–H groups in total. The molecule has 30 heavy (non-hydrogen) atoms. The molecule has 2 aromatic heterocycles. The van der Waals surface area contributed by atoms with Crippen LogP contribution in [-0.4, -0.2) is 57.9 Å². The lowest BCUT2D eigenvalue weighted by Crippen LogP contribution is -2.35. The lowest BCUT2D eigenvalue weighted by Gasteiger charge is -2.25. The van der Waals surface area contributed by atoms with Crippen LogP contribution in [0.4, 0.5) is 0 Å². The van der Waals surface area contributed by atoms with Crippen molar-refractivity contribution in [2.75, 3.05) is 32.8 Å². The molecule has 1 saturated heterocycles. The van der Waals surface area contributed by atoms with Gasteiger partial charge < -0.3 is 14.9 Å². The summed E-state index contributed by atoms with van der Waals surface area (Å²) in [6.07, 6.45) is 5.73. The first kappa shape index (κ1) is 19.4. The Labute approximate surface area is 176 Å². The second-order valence-electron chi connectivity index (χ2n) is 8.04. The highest BCUT2D eigenvalue weighted by atomic mass is 16.5. The molecular formula is C23H27N5O2. The van der Waals surface area contributed by atoms with Gasteiger partial charge in [-0.2, -0.15) is 0 Å². The molecule has 1 aliphatic heterocycles. The summed E-state index contributed by atoms with van der Waals surface area (Å²) in [5.41, 5.74) is 9.25. The number of nitrogens with zero attached hydrogens (tertiary/aromatic N) is 3. The molecule has 0 amide bonds. The molecule has 1 aromatic carbocycles. The van der Waals surface area contributed by atoms with E-state index < -0.39 is 0 Å². The molecule has 1 fully saturated rings. The number of pyridine rings is 1. The number of hydroxylamine groups is 1. The molecule has 0 radical (unpaired) electrons. The predicted molar refractivity (Wildman–Crippen MR) is 114 cm³/mol. The van der Waals surface area contributed by atoms with Crippen LogP contribution in [0.2, 0.25) is 0 Å². The van der Waals surface area contributed by atoms with Gasteiger partial charge in [-0.3, -0.25) is 9.88 Å². The summed E-state index contributed by atoms with van der Waals surface area (Å²) < 4.78 is 5.47. The van der Waals surface area contributed by atoms with Crippen LogP contribution in [0.3, 0.4) is 0 Å². The fourth-order valence-electron chi connectivity index (χ4n) is 4.58. The molecule has 0 saturated carbocycles. The average Bonchev–Trinajstić information content (AvgIpc) is 3.39. The number of aryl methyl sites for hydroxylation is 1. The number of benzene rings is 1. The van der Waals surface area contributed by atoms with Gasteiger partial charge in [-0.25, -0.2) is 10.5 Å². The number of fused-ring (bicyclic) bond motifs is 1. The maximum atomic E-state index is 9.10. The van der Waals surface area contributed by atoms with Crippen molar-refractivity contribution in [1.82, 2.24) is 25.3 Å². The van der Waals surface area contributed by atoms with Crippen molar-refractivity contribution in [3.05, 3.63) is 59.7 Å². The molecule has 7 heteroatoms. The normalized spacial score (nSPS) is 19.2. The van der Waals surface area contributed by atoms with Crippen LogP contribution >= 0.6 is 0 Å². The zero-order chi connectivity index (χ0) is 20.3. The fourth-order valence-corrected chi connectivity index (χ4v) is 4.58. The van der Waals surface area contributed by atoms with Crippen molar-refractivity contribution in [2.45, 2.75) is 25.3 Å². The molecule has 1 aliphatic carbocycles. The smallest absolute Gasteiger partial charge is 0.121 e. The lowest BCUT2D eigenvalue weighted by atomic mass is 9.98. The Hall–Kier alpha value is -2.58. The SMILES string of the molecule is ONCC1CCc2cc(-c3nc(CN4CCOCC4)[nH]c3-c3ccncc3)ccc21. The minimum absolute atomic E-state index is 0.370. The Morgan fingerprint density at radius 1 is 1.13 bits per heavy atom. The highest BCUT2D eigenvalue weighted by molar-refractivity contribution is 5.79. The first-order valence-corrected chi connectivity index (χ1v) is 10.6. The number of nitrogens with one attached hydrogen (secondary N) is 2. The number of hydrogen-bond donors (Lipinski definition) is 3. The maximum absolute atomic E-state index is 9.10. The van der Waals surface area contributed by atoms with Gasteiger partial charge in [-0.15, -0.1) is 0 Å². The number of hydrogen-bond acceptors (Lipinski definition) is 6. The quantitative estimate of drug-likeness (QED) is 0.547. The standard InChI is InChI=1S/C23H27N5O2/c29-25-14-19-2-1-17-13-18(3-4-20(17)19)23-22(16-5-7-24-8-6-16)26-21(27-23)15-28-9-11-30-12-10-28/h3-8,13,19,25,29H,1-2,9-12,14-15H2,(H,26,27). The third kappa shape index (κ3) is 3.89. The van der Waals surface area contributed by atoms with Gasteiger partial charge in [0.25, 0.3) is 0 Å². The number of rotatable bonds is 6. The summed E-state index contributed by atoms with van der Waals surface area (Å²) in [4.78, 5) is 15.1. The zero-order valence-electron chi connectivity index (χ0n) is 17.0. The van der Waals surface area contributed by atoms with E-state index in [1.807, 2.05) is 24.5 Å². The van der Waals surface area contributed by atoms with Gasteiger partial charge in [-0.05, 0) is 48.1 Å². The van der Waals surface area contributed by atoms with E-state index in [0.717, 1.165) is 74.0 Å². The summed E-state index contributed by atoms with van der Waals surface area (Å²) in [5.74, 6) is 1.34. The van der Waals surface area contributed by atoms with Gasteiger partial charge in [-0.1, -0.05) is 12.1 Å². The first-order chi connectivity index (χ1) is 14.8. The molecule has 3 heterocycles. The van der Waals surface area contributed by atoms with E-state index in [-0.39, 0.29) is 0 Å². The van der Waals surface area contributed by atoms with Crippen LogP contribution in [0.25, 0.3) is 22.5 Å². The third-order valence-electron chi connectivity index (χ3n) is 6.15. The molecule has 3 aromatic rings. The molecule has 1 atom stereocenters. The first-order valence-electron chi connectivity index (χ1n) is 10.6. The molecule has 0 bridgehead atoms. The van der Waals surface area contributed by atoms with Crippen LogP contribution < -0.4 is 5.48 Å². The topological polar surface area (TPSA) is 86.3 Å². The van der Waals surface area contributed by atoms with E-state index in [4.69, 9.17) is 14.9 Å². The van der Waals surface area contributed by atoms with Crippen molar-refractivity contribution in [1.29, 1.82) is 0 Å². The zero-order valence-corrected chi connectivity index (χ0v) is 17.0. The summed E-state index contributed by atoms with van der Waals surface area (Å²) in [7, 11) is 0. The average molecular weight is 406 g/mol. The summed E-state index contributed by atoms with van der Waals surface area (Å²) in [6, 6.07) is 10.7. The fraction of sp³-hybridized carbons (Fsp3) is 0.391. The van der Waals surface area contributed by atoms with E-state index >= 15 is 0 Å². The van der Waals surface area contributed by atoms with Crippen molar-refractivity contribution < 1.29 is 9.94 Å². The summed E-state index contributed by atoms with van der Waals surface area (Å²) in [5, 5.41) is 9.10. The van der Waals surface area contributed by atoms with E-state index in [1.54, 1.807) is 0 Å². The Morgan fingerprint density at radius 3 is 2.77 bits per heavy atom. The van der Waals surface area contributed by atoms with Gasteiger partial charge in [0.2, 0.25) is 0 Å². The van der Waals surface area contributed by atoms with E-state index in [9.17, 15) is 0 Å². The maximum Gasteiger partial charge on any atom is 0.121 e. The third-order valence-corrected chi connectivity index (χ3v) is 6.15. The number of aromatic amines is 1. The molecule has 2 aliphatic rings. The van der Waals surface area contributed by atoms with E-state index in [0.29, 0.717) is 12.5 Å². The molecular weight excluding hydrogens is 378 g/mol. The second kappa shape index (κ2) is 8.65. The van der Waals surface area contributed by atoms with Gasteiger partial charge >= 0.3 is 0 Å². The summed E-state index contributed by atoms with van der Waals surface area (Å²) >= 11 is 0. The van der Waals surface area contributed by atoms with Crippen molar-refractivity contribution in [3.63, 3.8) is 0 Å². The van der Waals surface area contributed by atoms with Gasteiger partial charge in [0, 0.05) is 43.2 Å². The van der Waals surface area contributed by atoms with E-state index in [1.165, 1.54) is 11.1 Å². The van der Waals surface area contributed by atoms with Gasteiger partial charge in [0.15, 0.2) is 0 Å². The number of ether oxygens (including phenoxy) is 1. The molecule has 7 nitrogen and oxygen atoms in total. The molecule has 1 unspecified atom stereocenters. The highest BCUT2D eigenvalue weighted by Gasteiger charge is 2.24. The minimum atomic E-state index is 0.370. The van der Waals surface area contributed by atoms with Crippen molar-refractivity contribution >= 4 is 0 Å². The van der Waals surface area contributed by atoms with Crippen molar-refractivity contribution in [2.24, 2.45) is 0 Å².